The van der Waals surface area contributed by atoms with Crippen molar-refractivity contribution in [2.45, 2.75) is 43.3 Å². The zero-order chi connectivity index (χ0) is 20.4. The number of hydrogen-bond acceptors (Lipinski definition) is 7. The van der Waals surface area contributed by atoms with Crippen LogP contribution in [-0.2, 0) is 4.79 Å². The lowest BCUT2D eigenvalue weighted by Crippen LogP contribution is -2.32. The summed E-state index contributed by atoms with van der Waals surface area (Å²) in [6.45, 7) is 1.99. The number of nitrogens with zero attached hydrogens (tertiary/aromatic N) is 5. The van der Waals surface area contributed by atoms with Gasteiger partial charge in [0.15, 0.2) is 5.16 Å². The molecular weight excluding hydrogens is 416 g/mol. The number of anilines is 2. The third kappa shape index (κ3) is 4.64. The van der Waals surface area contributed by atoms with Crippen LogP contribution in [0.4, 0.5) is 17.3 Å². The van der Waals surface area contributed by atoms with Crippen molar-refractivity contribution in [3.8, 4) is 0 Å². The van der Waals surface area contributed by atoms with Gasteiger partial charge in [-0.05, 0) is 38.2 Å². The second kappa shape index (κ2) is 8.58. The number of aromatic nitrogens is 3. The monoisotopic (exact) mass is 436 g/mol. The Morgan fingerprint density at radius 3 is 2.69 bits per heavy atom. The fourth-order valence-electron chi connectivity index (χ4n) is 3.36. The lowest BCUT2D eigenvalue weighted by atomic mass is 10.1. The van der Waals surface area contributed by atoms with Crippen molar-refractivity contribution in [2.24, 2.45) is 0 Å². The average Bonchev–Trinajstić information content (AvgIpc) is 3.47. The summed E-state index contributed by atoms with van der Waals surface area (Å²) in [5.74, 6) is 0.808. The van der Waals surface area contributed by atoms with Gasteiger partial charge in [-0.25, -0.2) is 0 Å². The molecule has 2 fully saturated rings. The van der Waals surface area contributed by atoms with Crippen LogP contribution in [-0.4, -0.2) is 44.4 Å². The van der Waals surface area contributed by atoms with E-state index in [4.69, 9.17) is 11.6 Å². The normalized spacial score (nSPS) is 16.7. The Morgan fingerprint density at radius 2 is 2.03 bits per heavy atom. The Balaban J connectivity index is 1.40. The van der Waals surface area contributed by atoms with Gasteiger partial charge in [-0.3, -0.25) is 19.5 Å². The number of rotatable bonds is 7. The van der Waals surface area contributed by atoms with E-state index in [0.29, 0.717) is 11.7 Å². The molecule has 9 nitrogen and oxygen atoms in total. The number of benzene rings is 1. The standard InChI is InChI=1S/C18H21ClN6O3S/c19-14-10-13(25(27)28)6-7-15(14)20-16(26)11-29-18-22-21-17(24(18)12-4-5-12)23-8-2-1-3-9-23/h6-7,10,12H,1-5,8-9,11H2,(H,20,26). The molecule has 4 rings (SSSR count). The minimum absolute atomic E-state index is 0.120. The first kappa shape index (κ1) is 20.0. The van der Waals surface area contributed by atoms with Gasteiger partial charge in [0.25, 0.3) is 5.69 Å². The van der Waals surface area contributed by atoms with Crippen LogP contribution < -0.4 is 10.2 Å². The predicted molar refractivity (Wildman–Crippen MR) is 112 cm³/mol. The number of carbonyl (C=O) groups excluding carboxylic acids is 1. The molecule has 0 spiro atoms. The maximum Gasteiger partial charge on any atom is 0.271 e. The maximum atomic E-state index is 12.4. The highest BCUT2D eigenvalue weighted by atomic mass is 35.5. The van der Waals surface area contributed by atoms with E-state index in [2.05, 4.69) is 25.0 Å². The summed E-state index contributed by atoms with van der Waals surface area (Å²) in [6, 6.07) is 4.38. The van der Waals surface area contributed by atoms with Crippen molar-refractivity contribution < 1.29 is 9.72 Å². The third-order valence-electron chi connectivity index (χ3n) is 4.97. The number of amides is 1. The first-order valence-corrected chi connectivity index (χ1v) is 11.0. The third-order valence-corrected chi connectivity index (χ3v) is 6.22. The average molecular weight is 437 g/mol. The van der Waals surface area contributed by atoms with E-state index in [1.807, 2.05) is 0 Å². The van der Waals surface area contributed by atoms with E-state index >= 15 is 0 Å². The Labute approximate surface area is 177 Å². The number of nitro groups is 1. The molecule has 1 aliphatic carbocycles. The second-order valence-corrected chi connectivity index (χ2v) is 8.54. The maximum absolute atomic E-state index is 12.4. The van der Waals surface area contributed by atoms with Crippen molar-refractivity contribution in [1.29, 1.82) is 0 Å². The summed E-state index contributed by atoms with van der Waals surface area (Å²) in [5, 5.41) is 23.1. The van der Waals surface area contributed by atoms with Crippen molar-refractivity contribution >= 4 is 46.6 Å². The Kier molecular flexibility index (Phi) is 5.91. The lowest BCUT2D eigenvalue weighted by molar-refractivity contribution is -0.384. The zero-order valence-electron chi connectivity index (χ0n) is 15.7. The molecule has 1 aliphatic heterocycles. The van der Waals surface area contributed by atoms with Crippen LogP contribution >= 0.6 is 23.4 Å². The number of non-ortho nitro benzene ring substituents is 1. The summed E-state index contributed by atoms with van der Waals surface area (Å²) in [4.78, 5) is 24.9. The number of hydrogen-bond donors (Lipinski definition) is 1. The summed E-state index contributed by atoms with van der Waals surface area (Å²) in [7, 11) is 0. The van der Waals surface area contributed by atoms with Gasteiger partial charge in [-0.15, -0.1) is 10.2 Å². The van der Waals surface area contributed by atoms with E-state index in [1.165, 1.54) is 49.2 Å². The molecule has 1 aromatic heterocycles. The van der Waals surface area contributed by atoms with Gasteiger partial charge in [0.2, 0.25) is 11.9 Å². The van der Waals surface area contributed by atoms with E-state index in [-0.39, 0.29) is 22.4 Å². The zero-order valence-corrected chi connectivity index (χ0v) is 17.3. The highest BCUT2D eigenvalue weighted by Crippen LogP contribution is 2.41. The van der Waals surface area contributed by atoms with Crippen LogP contribution in [0.3, 0.4) is 0 Å². The quantitative estimate of drug-likeness (QED) is 0.398. The number of carbonyl (C=O) groups is 1. The molecule has 1 saturated carbocycles. The molecule has 11 heteroatoms. The fourth-order valence-corrected chi connectivity index (χ4v) is 4.39. The van der Waals surface area contributed by atoms with Crippen molar-refractivity contribution in [1.82, 2.24) is 14.8 Å². The molecule has 1 amide bonds. The minimum Gasteiger partial charge on any atom is -0.341 e. The van der Waals surface area contributed by atoms with Crippen LogP contribution in [0.5, 0.6) is 0 Å². The summed E-state index contributed by atoms with van der Waals surface area (Å²) < 4.78 is 2.17. The van der Waals surface area contributed by atoms with Gasteiger partial charge >= 0.3 is 0 Å². The number of nitro benzene ring substituents is 1. The predicted octanol–water partition coefficient (Wildman–Crippen LogP) is 3.90. The Bertz CT molecular complexity index is 926. The highest BCUT2D eigenvalue weighted by Gasteiger charge is 2.32. The van der Waals surface area contributed by atoms with E-state index in [0.717, 1.165) is 37.0 Å². The molecule has 0 bridgehead atoms. The topological polar surface area (TPSA) is 106 Å². The van der Waals surface area contributed by atoms with Crippen LogP contribution in [0.2, 0.25) is 5.02 Å². The van der Waals surface area contributed by atoms with Gasteiger partial charge < -0.3 is 10.2 Å². The van der Waals surface area contributed by atoms with Crippen molar-refractivity contribution in [3.63, 3.8) is 0 Å². The van der Waals surface area contributed by atoms with E-state index < -0.39 is 4.92 Å². The number of halogens is 1. The first-order chi connectivity index (χ1) is 14.0. The highest BCUT2D eigenvalue weighted by molar-refractivity contribution is 7.99. The van der Waals surface area contributed by atoms with E-state index in [9.17, 15) is 14.9 Å². The fraction of sp³-hybridized carbons (Fsp3) is 0.500. The van der Waals surface area contributed by atoms with E-state index in [1.54, 1.807) is 0 Å². The van der Waals surface area contributed by atoms with Crippen LogP contribution in [0.15, 0.2) is 23.4 Å². The van der Waals surface area contributed by atoms with Gasteiger partial charge in [0.05, 0.1) is 21.4 Å². The van der Waals surface area contributed by atoms with Crippen molar-refractivity contribution in [2.75, 3.05) is 29.1 Å². The molecule has 1 aromatic carbocycles. The molecule has 154 valence electrons. The molecule has 29 heavy (non-hydrogen) atoms. The molecule has 0 radical (unpaired) electrons. The smallest absolute Gasteiger partial charge is 0.271 e. The second-order valence-electron chi connectivity index (χ2n) is 7.19. The lowest BCUT2D eigenvalue weighted by Gasteiger charge is -2.27. The van der Waals surface area contributed by atoms with Gasteiger partial charge in [0, 0.05) is 31.3 Å². The molecule has 2 heterocycles. The molecule has 0 unspecified atom stereocenters. The Morgan fingerprint density at radius 1 is 1.28 bits per heavy atom. The summed E-state index contributed by atoms with van der Waals surface area (Å²) >= 11 is 7.38. The van der Waals surface area contributed by atoms with Crippen LogP contribution in [0.1, 0.15) is 38.1 Å². The largest absolute Gasteiger partial charge is 0.341 e. The first-order valence-electron chi connectivity index (χ1n) is 9.59. The van der Waals surface area contributed by atoms with Crippen LogP contribution in [0, 0.1) is 10.1 Å². The molecule has 2 aliphatic rings. The number of nitrogens with one attached hydrogen (secondary N) is 1. The molecule has 0 atom stereocenters. The molecule has 1 saturated heterocycles. The number of piperidine rings is 1. The van der Waals surface area contributed by atoms with Crippen molar-refractivity contribution in [3.05, 3.63) is 33.3 Å². The summed E-state index contributed by atoms with van der Waals surface area (Å²) in [5.41, 5.74) is 0.227. The van der Waals surface area contributed by atoms with Crippen LogP contribution in [0.25, 0.3) is 0 Å². The number of thioether (sulfide) groups is 1. The molecule has 1 N–H and O–H groups in total. The summed E-state index contributed by atoms with van der Waals surface area (Å²) in [6.07, 6.45) is 5.80. The molecule has 2 aromatic rings. The minimum atomic E-state index is -0.530. The van der Waals surface area contributed by atoms with Gasteiger partial charge in [0.1, 0.15) is 0 Å². The SMILES string of the molecule is O=C(CSc1nnc(N2CCCCC2)n1C1CC1)Nc1ccc([N+](=O)[O-])cc1Cl. The van der Waals surface area contributed by atoms with Gasteiger partial charge in [-0.1, -0.05) is 23.4 Å². The Hall–Kier alpha value is -2.33. The van der Waals surface area contributed by atoms with Gasteiger partial charge in [-0.2, -0.15) is 0 Å². The molecular formula is C18H21ClN6O3S.